The first kappa shape index (κ1) is 35.2. The van der Waals surface area contributed by atoms with Crippen molar-refractivity contribution < 1.29 is 47.0 Å². The Morgan fingerprint density at radius 2 is 1.24 bits per heavy atom. The zero-order chi connectivity index (χ0) is 24.6. The van der Waals surface area contributed by atoms with E-state index in [0.717, 1.165) is 0 Å². The molecule has 0 bridgehead atoms. The van der Waals surface area contributed by atoms with E-state index in [-0.39, 0.29) is 37.8 Å². The maximum absolute atomic E-state index is 11.6. The zero-order valence-electron chi connectivity index (χ0n) is 20.4. The number of rotatable bonds is 4. The van der Waals surface area contributed by atoms with E-state index in [0.29, 0.717) is 16.9 Å². The van der Waals surface area contributed by atoms with Gasteiger partial charge in [0, 0.05) is 64.1 Å². The van der Waals surface area contributed by atoms with Crippen LogP contribution in [0, 0.1) is 13.8 Å². The standard InChI is InChI=1S/C14H13N3O3.2C6H7N.Mo.2O/c1-20-12-3-2-11(13(18)8-12)9-16-17-14(19)10-4-6-15-7-5-10;2*1-6-2-4-7-5-3-6;;;/h2-9,18H,1H3,(H,17,19);2*2-5H,1H3;;;/q;;;;2*-2/p-2/b16-9+;;;;;. The van der Waals surface area contributed by atoms with Gasteiger partial charge in [0.2, 0.25) is 0 Å². The summed E-state index contributed by atoms with van der Waals surface area (Å²) >= 11 is 0. The van der Waals surface area contributed by atoms with Gasteiger partial charge >= 0.3 is 0 Å². The second-order valence-corrected chi connectivity index (χ2v) is 6.84. The van der Waals surface area contributed by atoms with Crippen LogP contribution in [0.2, 0.25) is 0 Å². The molecule has 11 heteroatoms. The van der Waals surface area contributed by atoms with Crippen LogP contribution < -0.4 is 14.9 Å². The third-order valence-corrected chi connectivity index (χ3v) is 4.19. The number of ether oxygens (including phenoxy) is 1. The number of hydrogen-bond acceptors (Lipinski definition) is 8. The van der Waals surface area contributed by atoms with E-state index in [1.165, 1.54) is 55.0 Å². The van der Waals surface area contributed by atoms with Crippen molar-refractivity contribution in [1.82, 2.24) is 15.0 Å². The summed E-state index contributed by atoms with van der Waals surface area (Å²) in [7, 11) is 1.48. The summed E-state index contributed by atoms with van der Waals surface area (Å²) in [6, 6.07) is 15.5. The fraction of sp³-hybridized carbons (Fsp3) is 0.115. The van der Waals surface area contributed by atoms with Crippen molar-refractivity contribution in [2.24, 2.45) is 10.2 Å². The SMILES string of the molecule is COc1ccc(/C=N/N=C(\[O-])c2ccncc2)c([O-])c1.Cc1ccncc1.Cc1ccncc1.[Mo].[O-2].[O-2]. The molecule has 4 aromatic rings. The molecule has 0 N–H and O–H groups in total. The molecule has 0 saturated carbocycles. The second kappa shape index (κ2) is 20.2. The molecule has 37 heavy (non-hydrogen) atoms. The minimum absolute atomic E-state index is 0. The van der Waals surface area contributed by atoms with Crippen molar-refractivity contribution in [2.75, 3.05) is 7.11 Å². The molecular formula is C26H25MoN5O5-6. The van der Waals surface area contributed by atoms with E-state index >= 15 is 0 Å². The van der Waals surface area contributed by atoms with E-state index in [1.807, 2.05) is 38.1 Å². The summed E-state index contributed by atoms with van der Waals surface area (Å²) in [4.78, 5) is 11.5. The van der Waals surface area contributed by atoms with Crippen LogP contribution in [0.3, 0.4) is 0 Å². The fourth-order valence-corrected chi connectivity index (χ4v) is 2.30. The summed E-state index contributed by atoms with van der Waals surface area (Å²) in [6.45, 7) is 4.09. The molecule has 0 atom stereocenters. The van der Waals surface area contributed by atoms with Gasteiger partial charge in [0.05, 0.1) is 13.3 Å². The van der Waals surface area contributed by atoms with E-state index in [9.17, 15) is 10.2 Å². The fourth-order valence-electron chi connectivity index (χ4n) is 2.30. The quantitative estimate of drug-likeness (QED) is 0.154. The van der Waals surface area contributed by atoms with E-state index in [2.05, 4.69) is 25.2 Å². The molecule has 196 valence electrons. The van der Waals surface area contributed by atoms with Gasteiger partial charge in [0.15, 0.2) is 0 Å². The number of pyridine rings is 3. The average Bonchev–Trinajstić information content (AvgIpc) is 2.87. The number of hydrogen-bond donors (Lipinski definition) is 0. The van der Waals surface area contributed by atoms with Crippen molar-refractivity contribution >= 4 is 12.1 Å². The molecule has 4 rings (SSSR count). The van der Waals surface area contributed by atoms with Gasteiger partial charge in [-0.2, -0.15) is 10.2 Å². The molecule has 0 radical (unpaired) electrons. The minimum Gasteiger partial charge on any atom is -2.00 e. The predicted molar refractivity (Wildman–Crippen MR) is 130 cm³/mol. The molecule has 0 aliphatic heterocycles. The van der Waals surface area contributed by atoms with Crippen LogP contribution in [0.25, 0.3) is 0 Å². The van der Waals surface area contributed by atoms with Gasteiger partial charge in [-0.05, 0) is 84.6 Å². The Balaban J connectivity index is 0. The van der Waals surface area contributed by atoms with Crippen molar-refractivity contribution in [3.63, 3.8) is 0 Å². The third kappa shape index (κ3) is 14.2. The summed E-state index contributed by atoms with van der Waals surface area (Å²) in [5.74, 6) is -0.277. The van der Waals surface area contributed by atoms with Gasteiger partial charge < -0.3 is 25.9 Å². The van der Waals surface area contributed by atoms with Gasteiger partial charge in [-0.15, -0.1) is 0 Å². The van der Waals surface area contributed by atoms with Crippen LogP contribution in [0.1, 0.15) is 22.3 Å². The molecular weight excluding hydrogens is 558 g/mol. The molecule has 10 nitrogen and oxygen atoms in total. The monoisotopic (exact) mass is 585 g/mol. The Hall–Kier alpha value is -3.98. The molecule has 0 aliphatic rings. The Labute approximate surface area is 230 Å². The number of aryl methyl sites for hydroxylation is 2. The number of benzene rings is 1. The Morgan fingerprint density at radius 3 is 1.62 bits per heavy atom. The van der Waals surface area contributed by atoms with Crippen LogP contribution in [-0.2, 0) is 32.0 Å². The Kier molecular flexibility index (Phi) is 19.2. The molecule has 0 amide bonds. The summed E-state index contributed by atoms with van der Waals surface area (Å²) in [6.07, 6.45) is 11.4. The van der Waals surface area contributed by atoms with Gasteiger partial charge in [-0.3, -0.25) is 15.0 Å². The van der Waals surface area contributed by atoms with Crippen molar-refractivity contribution in [1.29, 1.82) is 0 Å². The molecule has 3 aromatic heterocycles. The molecule has 0 saturated heterocycles. The minimum atomic E-state index is -0.496. The first-order chi connectivity index (χ1) is 16.5. The molecule has 0 spiro atoms. The average molecular weight is 583 g/mol. The van der Waals surface area contributed by atoms with Crippen LogP contribution in [0.5, 0.6) is 11.5 Å². The van der Waals surface area contributed by atoms with Crippen molar-refractivity contribution in [2.45, 2.75) is 13.8 Å². The topological polar surface area (TPSA) is 176 Å². The van der Waals surface area contributed by atoms with E-state index < -0.39 is 5.90 Å². The maximum atomic E-state index is 11.6. The molecule has 3 heterocycles. The smallest absolute Gasteiger partial charge is 0.118 e. The number of methoxy groups -OCH3 is 1. The molecule has 1 aromatic carbocycles. The first-order valence-corrected chi connectivity index (χ1v) is 10.3. The van der Waals surface area contributed by atoms with E-state index in [1.54, 1.807) is 36.9 Å². The third-order valence-electron chi connectivity index (χ3n) is 4.19. The molecule has 0 aliphatic carbocycles. The van der Waals surface area contributed by atoms with Crippen molar-refractivity contribution in [3.8, 4) is 11.5 Å². The van der Waals surface area contributed by atoms with Gasteiger partial charge in [-0.1, -0.05) is 11.8 Å². The number of aromatic nitrogens is 3. The van der Waals surface area contributed by atoms with E-state index in [4.69, 9.17) is 4.74 Å². The number of nitrogens with zero attached hydrogens (tertiary/aromatic N) is 5. The van der Waals surface area contributed by atoms with Gasteiger partial charge in [0.1, 0.15) is 5.75 Å². The van der Waals surface area contributed by atoms with Crippen LogP contribution >= 0.6 is 0 Å². The zero-order valence-corrected chi connectivity index (χ0v) is 22.4. The van der Waals surface area contributed by atoms with Crippen LogP contribution in [0.4, 0.5) is 0 Å². The molecule has 0 fully saturated rings. The van der Waals surface area contributed by atoms with Gasteiger partial charge in [0.25, 0.3) is 0 Å². The maximum Gasteiger partial charge on any atom is 0.118 e. The van der Waals surface area contributed by atoms with Gasteiger partial charge in [-0.25, -0.2) is 0 Å². The largest absolute Gasteiger partial charge is 2.00 e. The Morgan fingerprint density at radius 1 is 0.784 bits per heavy atom. The van der Waals surface area contributed by atoms with Crippen molar-refractivity contribution in [3.05, 3.63) is 114 Å². The normalized spacial score (nSPS) is 9.65. The van der Waals surface area contributed by atoms with Crippen LogP contribution in [0.15, 0.2) is 102 Å². The molecule has 0 unspecified atom stereocenters. The predicted octanol–water partition coefficient (Wildman–Crippen LogP) is 2.84. The van der Waals surface area contributed by atoms with Crippen LogP contribution in [-0.4, -0.2) is 34.2 Å². The summed E-state index contributed by atoms with van der Waals surface area (Å²) < 4.78 is 4.92. The summed E-state index contributed by atoms with van der Waals surface area (Å²) in [5, 5.41) is 30.4. The first-order valence-electron chi connectivity index (χ1n) is 10.3. The second-order valence-electron chi connectivity index (χ2n) is 6.84. The Bertz CT molecular complexity index is 1140. The summed E-state index contributed by atoms with van der Waals surface area (Å²) in [5.41, 5.74) is 3.23.